The van der Waals surface area contributed by atoms with Crippen molar-refractivity contribution in [1.82, 2.24) is 9.80 Å². The molecule has 26 heavy (non-hydrogen) atoms. The Morgan fingerprint density at radius 3 is 2.38 bits per heavy atom. The SMILES string of the molecule is CCC(C)c1ccc(NC(=S)N2CCN(C(=O)c3ccco3)CC2)cc1. The third kappa shape index (κ3) is 4.25. The van der Waals surface area contributed by atoms with Gasteiger partial charge < -0.3 is 19.5 Å². The largest absolute Gasteiger partial charge is 0.459 e. The molecule has 2 heterocycles. The van der Waals surface area contributed by atoms with E-state index in [2.05, 4.69) is 48.3 Å². The molecule has 1 fully saturated rings. The van der Waals surface area contributed by atoms with E-state index in [1.165, 1.54) is 11.8 Å². The van der Waals surface area contributed by atoms with E-state index < -0.39 is 0 Å². The maximum atomic E-state index is 12.3. The Bertz CT molecular complexity index is 735. The number of hydrogen-bond donors (Lipinski definition) is 1. The summed E-state index contributed by atoms with van der Waals surface area (Å²) in [5.74, 6) is 0.894. The molecule has 1 atom stereocenters. The van der Waals surface area contributed by atoms with E-state index >= 15 is 0 Å². The van der Waals surface area contributed by atoms with Crippen LogP contribution in [0.3, 0.4) is 0 Å². The molecular weight excluding hydrogens is 346 g/mol. The van der Waals surface area contributed by atoms with Crippen LogP contribution in [0.15, 0.2) is 47.1 Å². The van der Waals surface area contributed by atoms with E-state index in [-0.39, 0.29) is 5.91 Å². The first kappa shape index (κ1) is 18.5. The molecule has 1 N–H and O–H groups in total. The van der Waals surface area contributed by atoms with Gasteiger partial charge in [-0.15, -0.1) is 0 Å². The van der Waals surface area contributed by atoms with Gasteiger partial charge in [-0.25, -0.2) is 0 Å². The summed E-state index contributed by atoms with van der Waals surface area (Å²) in [6, 6.07) is 11.9. The van der Waals surface area contributed by atoms with E-state index in [4.69, 9.17) is 16.6 Å². The number of piperazine rings is 1. The highest BCUT2D eigenvalue weighted by atomic mass is 32.1. The topological polar surface area (TPSA) is 48.7 Å². The molecule has 2 aromatic rings. The average Bonchev–Trinajstić information content (AvgIpc) is 3.22. The summed E-state index contributed by atoms with van der Waals surface area (Å²) in [5, 5.41) is 4.00. The summed E-state index contributed by atoms with van der Waals surface area (Å²) < 4.78 is 5.19. The fourth-order valence-corrected chi connectivity index (χ4v) is 3.30. The summed E-state index contributed by atoms with van der Waals surface area (Å²) in [5.41, 5.74) is 2.34. The molecular formula is C20H25N3O2S. The number of furan rings is 1. The predicted octanol–water partition coefficient (Wildman–Crippen LogP) is 3.95. The van der Waals surface area contributed by atoms with Crippen molar-refractivity contribution < 1.29 is 9.21 Å². The molecule has 0 aliphatic carbocycles. The number of nitrogens with one attached hydrogen (secondary N) is 1. The van der Waals surface area contributed by atoms with Crippen LogP contribution in [-0.2, 0) is 0 Å². The predicted molar refractivity (Wildman–Crippen MR) is 108 cm³/mol. The molecule has 5 nitrogen and oxygen atoms in total. The van der Waals surface area contributed by atoms with Crippen LogP contribution >= 0.6 is 12.2 Å². The van der Waals surface area contributed by atoms with Gasteiger partial charge in [-0.2, -0.15) is 0 Å². The highest BCUT2D eigenvalue weighted by Gasteiger charge is 2.24. The number of rotatable bonds is 4. The maximum absolute atomic E-state index is 12.3. The van der Waals surface area contributed by atoms with Crippen LogP contribution in [-0.4, -0.2) is 47.0 Å². The molecule has 1 saturated heterocycles. The first-order chi connectivity index (χ1) is 12.6. The normalized spacial score (nSPS) is 15.6. The van der Waals surface area contributed by atoms with Crippen LogP contribution in [0, 0.1) is 0 Å². The lowest BCUT2D eigenvalue weighted by atomic mass is 9.99. The fraction of sp³-hybridized carbons (Fsp3) is 0.400. The molecule has 0 radical (unpaired) electrons. The lowest BCUT2D eigenvalue weighted by molar-refractivity contribution is 0.0661. The van der Waals surface area contributed by atoms with Gasteiger partial charge in [0.1, 0.15) is 0 Å². The third-order valence-electron chi connectivity index (χ3n) is 4.93. The van der Waals surface area contributed by atoms with Crippen molar-refractivity contribution in [3.05, 3.63) is 54.0 Å². The fourth-order valence-electron chi connectivity index (χ4n) is 3.00. The second-order valence-electron chi connectivity index (χ2n) is 6.62. The second-order valence-corrected chi connectivity index (χ2v) is 7.00. The van der Waals surface area contributed by atoms with Crippen LogP contribution in [0.4, 0.5) is 5.69 Å². The molecule has 1 aliphatic rings. The van der Waals surface area contributed by atoms with Gasteiger partial charge in [-0.3, -0.25) is 4.79 Å². The van der Waals surface area contributed by atoms with Gasteiger partial charge in [0.15, 0.2) is 10.9 Å². The van der Waals surface area contributed by atoms with Gasteiger partial charge in [0.25, 0.3) is 5.91 Å². The molecule has 3 rings (SSSR count). The summed E-state index contributed by atoms with van der Waals surface area (Å²) >= 11 is 5.54. The quantitative estimate of drug-likeness (QED) is 0.825. The molecule has 1 aliphatic heterocycles. The minimum Gasteiger partial charge on any atom is -0.459 e. The van der Waals surface area contributed by atoms with Crippen LogP contribution in [0.2, 0.25) is 0 Å². The van der Waals surface area contributed by atoms with Crippen LogP contribution in [0.5, 0.6) is 0 Å². The van der Waals surface area contributed by atoms with Gasteiger partial charge in [-0.05, 0) is 54.4 Å². The maximum Gasteiger partial charge on any atom is 0.289 e. The van der Waals surface area contributed by atoms with Crippen molar-refractivity contribution in [1.29, 1.82) is 0 Å². The van der Waals surface area contributed by atoms with Crippen molar-refractivity contribution in [2.75, 3.05) is 31.5 Å². The highest BCUT2D eigenvalue weighted by molar-refractivity contribution is 7.80. The minimum absolute atomic E-state index is 0.0610. The Labute approximate surface area is 160 Å². The smallest absolute Gasteiger partial charge is 0.289 e. The zero-order chi connectivity index (χ0) is 18.5. The van der Waals surface area contributed by atoms with Gasteiger partial charge in [-0.1, -0.05) is 26.0 Å². The van der Waals surface area contributed by atoms with Gasteiger partial charge >= 0.3 is 0 Å². The zero-order valence-corrected chi connectivity index (χ0v) is 16.1. The number of carbonyl (C=O) groups excluding carboxylic acids is 1. The van der Waals surface area contributed by atoms with Crippen molar-refractivity contribution in [2.45, 2.75) is 26.2 Å². The number of amides is 1. The van der Waals surface area contributed by atoms with E-state index in [1.54, 1.807) is 17.0 Å². The number of benzene rings is 1. The molecule has 0 saturated carbocycles. The standard InChI is InChI=1S/C20H25N3O2S/c1-3-15(2)16-6-8-17(9-7-16)21-20(26)23-12-10-22(11-13-23)19(24)18-5-4-14-25-18/h4-9,14-15H,3,10-13H2,1-2H3,(H,21,26). The molecule has 1 unspecified atom stereocenters. The van der Waals surface area contributed by atoms with Crippen LogP contribution < -0.4 is 5.32 Å². The zero-order valence-electron chi connectivity index (χ0n) is 15.3. The van der Waals surface area contributed by atoms with Crippen LogP contribution in [0.25, 0.3) is 0 Å². The van der Waals surface area contributed by atoms with E-state index in [0.29, 0.717) is 43.0 Å². The van der Waals surface area contributed by atoms with Crippen molar-refractivity contribution >= 4 is 28.9 Å². The Kier molecular flexibility index (Phi) is 5.93. The van der Waals surface area contributed by atoms with Crippen molar-refractivity contribution in [3.63, 3.8) is 0 Å². The van der Waals surface area contributed by atoms with E-state index in [9.17, 15) is 4.79 Å². The van der Waals surface area contributed by atoms with E-state index in [1.807, 2.05) is 0 Å². The minimum atomic E-state index is -0.0610. The lowest BCUT2D eigenvalue weighted by Crippen LogP contribution is -2.51. The summed E-state index contributed by atoms with van der Waals surface area (Å²) in [4.78, 5) is 16.2. The molecule has 0 spiro atoms. The van der Waals surface area contributed by atoms with Gasteiger partial charge in [0.05, 0.1) is 6.26 Å². The highest BCUT2D eigenvalue weighted by Crippen LogP contribution is 2.21. The van der Waals surface area contributed by atoms with Crippen LogP contribution in [0.1, 0.15) is 42.3 Å². The third-order valence-corrected chi connectivity index (χ3v) is 5.29. The number of anilines is 1. The van der Waals surface area contributed by atoms with E-state index in [0.717, 1.165) is 12.1 Å². The molecule has 1 amide bonds. The van der Waals surface area contributed by atoms with Gasteiger partial charge in [0, 0.05) is 31.9 Å². The monoisotopic (exact) mass is 371 g/mol. The number of carbonyl (C=O) groups is 1. The first-order valence-electron chi connectivity index (χ1n) is 9.07. The average molecular weight is 372 g/mol. The van der Waals surface area contributed by atoms with Crippen molar-refractivity contribution in [2.24, 2.45) is 0 Å². The van der Waals surface area contributed by atoms with Crippen molar-refractivity contribution in [3.8, 4) is 0 Å². The Morgan fingerprint density at radius 1 is 1.15 bits per heavy atom. The molecule has 0 bridgehead atoms. The number of nitrogens with zero attached hydrogens (tertiary/aromatic N) is 2. The second kappa shape index (κ2) is 8.36. The Hall–Kier alpha value is -2.34. The summed E-state index contributed by atoms with van der Waals surface area (Å²) in [6.07, 6.45) is 2.65. The first-order valence-corrected chi connectivity index (χ1v) is 9.48. The Balaban J connectivity index is 1.51. The summed E-state index contributed by atoms with van der Waals surface area (Å²) in [6.45, 7) is 7.12. The molecule has 138 valence electrons. The lowest BCUT2D eigenvalue weighted by Gasteiger charge is -2.35. The number of hydrogen-bond acceptors (Lipinski definition) is 3. The number of thiocarbonyl (C=S) groups is 1. The summed E-state index contributed by atoms with van der Waals surface area (Å²) in [7, 11) is 0. The molecule has 1 aromatic carbocycles. The Morgan fingerprint density at radius 2 is 1.81 bits per heavy atom. The molecule has 6 heteroatoms. The molecule has 1 aromatic heterocycles. The van der Waals surface area contributed by atoms with Gasteiger partial charge in [0.2, 0.25) is 0 Å².